The van der Waals surface area contributed by atoms with Crippen molar-refractivity contribution in [2.45, 2.75) is 63.7 Å². The van der Waals surface area contributed by atoms with Gasteiger partial charge in [0.05, 0.1) is 0 Å². The van der Waals surface area contributed by atoms with Crippen molar-refractivity contribution >= 4 is 11.6 Å². The maximum Gasteiger partial charge on any atom is 0.128 e. The molecular weight excluding hydrogens is 358 g/mol. The summed E-state index contributed by atoms with van der Waals surface area (Å²) in [6.07, 6.45) is 1.87. The van der Waals surface area contributed by atoms with Crippen LogP contribution in [0.1, 0.15) is 69.2 Å². The van der Waals surface area contributed by atoms with Gasteiger partial charge in [-0.25, -0.2) is 0 Å². The molecule has 3 nitrogen and oxygen atoms in total. The molecule has 0 bridgehead atoms. The summed E-state index contributed by atoms with van der Waals surface area (Å²) in [4.78, 5) is 0. The second-order valence-corrected chi connectivity index (χ2v) is 9.44. The van der Waals surface area contributed by atoms with Crippen LogP contribution < -0.4 is 14.8 Å². The normalized spacial score (nSPS) is 25.0. The van der Waals surface area contributed by atoms with E-state index in [2.05, 4.69) is 57.3 Å². The Morgan fingerprint density at radius 3 is 2.11 bits per heavy atom. The van der Waals surface area contributed by atoms with Gasteiger partial charge in [-0.1, -0.05) is 23.7 Å². The average molecular weight is 386 g/mol. The van der Waals surface area contributed by atoms with Gasteiger partial charge in [0, 0.05) is 40.6 Å². The minimum absolute atomic E-state index is 0.200. The molecule has 2 aromatic carbocycles. The summed E-state index contributed by atoms with van der Waals surface area (Å²) in [7, 11) is 2.02. The first-order valence-corrected chi connectivity index (χ1v) is 10.0. The van der Waals surface area contributed by atoms with Gasteiger partial charge in [-0.15, -0.1) is 0 Å². The Balaban J connectivity index is 1.85. The van der Waals surface area contributed by atoms with Crippen molar-refractivity contribution < 1.29 is 9.47 Å². The smallest absolute Gasteiger partial charge is 0.128 e. The molecule has 0 amide bonds. The van der Waals surface area contributed by atoms with Gasteiger partial charge in [0.1, 0.15) is 22.7 Å². The largest absolute Gasteiger partial charge is 0.487 e. The Bertz CT molecular complexity index is 857. The first-order valence-electron chi connectivity index (χ1n) is 9.66. The van der Waals surface area contributed by atoms with Gasteiger partial charge in [0.15, 0.2) is 0 Å². The SMILES string of the molecule is CNC1CC(C)(C)Oc2cc3c(cc21)C(c1ccc(Cl)cc1)CC(C)(C)O3. The van der Waals surface area contributed by atoms with Crippen LogP contribution in [0.15, 0.2) is 36.4 Å². The van der Waals surface area contributed by atoms with Crippen LogP contribution in [0.5, 0.6) is 11.5 Å². The molecule has 1 N–H and O–H groups in total. The highest BCUT2D eigenvalue weighted by Crippen LogP contribution is 2.50. The zero-order valence-electron chi connectivity index (χ0n) is 16.7. The van der Waals surface area contributed by atoms with E-state index in [-0.39, 0.29) is 23.2 Å². The highest BCUT2D eigenvalue weighted by atomic mass is 35.5. The summed E-state index contributed by atoms with van der Waals surface area (Å²) in [6, 6.07) is 12.9. The zero-order chi connectivity index (χ0) is 19.4. The Labute approximate surface area is 167 Å². The molecule has 0 fully saturated rings. The molecule has 2 aliphatic heterocycles. The lowest BCUT2D eigenvalue weighted by Crippen LogP contribution is -2.39. The molecule has 2 atom stereocenters. The zero-order valence-corrected chi connectivity index (χ0v) is 17.5. The Kier molecular flexibility index (Phi) is 4.44. The van der Waals surface area contributed by atoms with Crippen molar-refractivity contribution in [3.63, 3.8) is 0 Å². The van der Waals surface area contributed by atoms with E-state index >= 15 is 0 Å². The van der Waals surface area contributed by atoms with Crippen LogP contribution in [0, 0.1) is 0 Å². The molecule has 0 aliphatic carbocycles. The van der Waals surface area contributed by atoms with Crippen LogP contribution in [0.2, 0.25) is 5.02 Å². The fourth-order valence-corrected chi connectivity index (χ4v) is 4.57. The van der Waals surface area contributed by atoms with E-state index in [1.165, 1.54) is 16.7 Å². The predicted molar refractivity (Wildman–Crippen MR) is 110 cm³/mol. The van der Waals surface area contributed by atoms with Crippen molar-refractivity contribution in [3.8, 4) is 11.5 Å². The molecule has 0 saturated heterocycles. The Morgan fingerprint density at radius 1 is 0.889 bits per heavy atom. The van der Waals surface area contributed by atoms with Gasteiger partial charge in [0.25, 0.3) is 0 Å². The van der Waals surface area contributed by atoms with E-state index in [9.17, 15) is 0 Å². The van der Waals surface area contributed by atoms with Crippen molar-refractivity contribution in [1.82, 2.24) is 5.32 Å². The van der Waals surface area contributed by atoms with Gasteiger partial charge < -0.3 is 14.8 Å². The van der Waals surface area contributed by atoms with Crippen LogP contribution in [-0.4, -0.2) is 18.2 Å². The fraction of sp³-hybridized carbons (Fsp3) is 0.478. The van der Waals surface area contributed by atoms with Crippen LogP contribution in [0.4, 0.5) is 0 Å². The van der Waals surface area contributed by atoms with Gasteiger partial charge >= 0.3 is 0 Å². The van der Waals surface area contributed by atoms with E-state index in [0.717, 1.165) is 29.4 Å². The summed E-state index contributed by atoms with van der Waals surface area (Å²) >= 11 is 6.12. The quantitative estimate of drug-likeness (QED) is 0.702. The van der Waals surface area contributed by atoms with Crippen molar-refractivity contribution in [1.29, 1.82) is 0 Å². The third kappa shape index (κ3) is 3.55. The van der Waals surface area contributed by atoms with E-state index in [0.29, 0.717) is 0 Å². The van der Waals surface area contributed by atoms with E-state index in [1.54, 1.807) is 0 Å². The summed E-state index contributed by atoms with van der Waals surface area (Å²) in [6.45, 7) is 8.58. The van der Waals surface area contributed by atoms with Gasteiger partial charge in [-0.3, -0.25) is 0 Å². The van der Waals surface area contributed by atoms with E-state index in [1.807, 2.05) is 19.2 Å². The number of fused-ring (bicyclic) bond motifs is 2. The summed E-state index contributed by atoms with van der Waals surface area (Å²) in [5.74, 6) is 2.13. The molecule has 4 rings (SSSR count). The monoisotopic (exact) mass is 385 g/mol. The number of halogens is 1. The van der Waals surface area contributed by atoms with Crippen LogP contribution in [-0.2, 0) is 0 Å². The average Bonchev–Trinajstić information content (AvgIpc) is 2.58. The standard InChI is InChI=1S/C23H28ClNO2/c1-22(2)12-18(14-6-8-15(24)9-7-14)16-10-17-19(25-5)13-23(3,4)27-21(17)11-20(16)26-22/h6-11,18-19,25H,12-13H2,1-5H3. The third-order valence-electron chi connectivity index (χ3n) is 5.68. The Morgan fingerprint density at radius 2 is 1.48 bits per heavy atom. The second-order valence-electron chi connectivity index (χ2n) is 9.01. The molecule has 0 aromatic heterocycles. The van der Waals surface area contributed by atoms with E-state index < -0.39 is 0 Å². The molecule has 2 aliphatic rings. The molecular formula is C23H28ClNO2. The summed E-state index contributed by atoms with van der Waals surface area (Å²) < 4.78 is 12.7. The predicted octanol–water partition coefficient (Wildman–Crippen LogP) is 5.85. The summed E-state index contributed by atoms with van der Waals surface area (Å²) in [5, 5.41) is 4.23. The van der Waals surface area contributed by atoms with Crippen LogP contribution >= 0.6 is 11.6 Å². The molecule has 2 heterocycles. The minimum atomic E-state index is -0.238. The van der Waals surface area contributed by atoms with Crippen LogP contribution in [0.25, 0.3) is 0 Å². The number of rotatable bonds is 2. The molecule has 2 unspecified atom stereocenters. The Hall–Kier alpha value is -1.71. The lowest BCUT2D eigenvalue weighted by atomic mass is 9.78. The lowest BCUT2D eigenvalue weighted by molar-refractivity contribution is 0.0603. The number of nitrogens with one attached hydrogen (secondary N) is 1. The molecule has 144 valence electrons. The van der Waals surface area contributed by atoms with Gasteiger partial charge in [-0.2, -0.15) is 0 Å². The lowest BCUT2D eigenvalue weighted by Gasteiger charge is -2.42. The number of hydrogen-bond acceptors (Lipinski definition) is 3. The van der Waals surface area contributed by atoms with Crippen LogP contribution in [0.3, 0.4) is 0 Å². The summed E-state index contributed by atoms with van der Waals surface area (Å²) in [5.41, 5.74) is 3.29. The fourth-order valence-electron chi connectivity index (χ4n) is 4.45. The highest BCUT2D eigenvalue weighted by molar-refractivity contribution is 6.30. The first kappa shape index (κ1) is 18.6. The van der Waals surface area contributed by atoms with Gasteiger partial charge in [0.2, 0.25) is 0 Å². The maximum atomic E-state index is 6.37. The van der Waals surface area contributed by atoms with E-state index in [4.69, 9.17) is 21.1 Å². The van der Waals surface area contributed by atoms with Gasteiger partial charge in [-0.05, 0) is 64.9 Å². The number of benzene rings is 2. The van der Waals surface area contributed by atoms with Crippen molar-refractivity contribution in [3.05, 3.63) is 58.1 Å². The molecule has 0 radical (unpaired) electrons. The second kappa shape index (κ2) is 6.42. The van der Waals surface area contributed by atoms with Crippen molar-refractivity contribution in [2.75, 3.05) is 7.05 Å². The number of hydrogen-bond donors (Lipinski definition) is 1. The molecule has 27 heavy (non-hydrogen) atoms. The molecule has 4 heteroatoms. The molecule has 0 spiro atoms. The maximum absolute atomic E-state index is 6.37. The third-order valence-corrected chi connectivity index (χ3v) is 5.93. The molecule has 0 saturated carbocycles. The topological polar surface area (TPSA) is 30.5 Å². The number of ether oxygens (including phenoxy) is 2. The minimum Gasteiger partial charge on any atom is -0.487 e. The molecule has 2 aromatic rings. The first-order chi connectivity index (χ1) is 12.7. The van der Waals surface area contributed by atoms with Crippen molar-refractivity contribution in [2.24, 2.45) is 0 Å². The highest BCUT2D eigenvalue weighted by Gasteiger charge is 2.39.